The highest BCUT2D eigenvalue weighted by Crippen LogP contribution is 2.19. The van der Waals surface area contributed by atoms with E-state index in [2.05, 4.69) is 10.2 Å². The highest BCUT2D eigenvalue weighted by molar-refractivity contribution is 5.90. The molecule has 11 heavy (non-hydrogen) atoms. The van der Waals surface area contributed by atoms with Gasteiger partial charge in [0.05, 0.1) is 16.9 Å². The van der Waals surface area contributed by atoms with Crippen molar-refractivity contribution in [1.82, 2.24) is 10.2 Å². The zero-order valence-corrected chi connectivity index (χ0v) is 6.26. The number of nitrogens with one attached hydrogen (secondary N) is 1. The third-order valence-electron chi connectivity index (χ3n) is 1.82. The number of aryl methyl sites for hydroxylation is 1. The van der Waals surface area contributed by atoms with Crippen LogP contribution in [-0.4, -0.2) is 10.2 Å². The second-order valence-corrected chi connectivity index (χ2v) is 2.58. The number of hydrogen-bond acceptors (Lipinski definition) is 2. The Morgan fingerprint density at radius 3 is 3.00 bits per heavy atom. The van der Waals surface area contributed by atoms with Crippen molar-refractivity contribution in [2.24, 2.45) is 0 Å². The lowest BCUT2D eigenvalue weighted by Gasteiger charge is -1.92. The van der Waals surface area contributed by atoms with Crippen molar-refractivity contribution in [1.29, 1.82) is 0 Å². The number of hydrogen-bond donors (Lipinski definition) is 2. The molecule has 2 aromatic rings. The minimum Gasteiger partial charge on any atom is -0.397 e. The number of aromatic amines is 1. The van der Waals surface area contributed by atoms with E-state index in [1.807, 2.05) is 25.1 Å². The molecule has 0 saturated carbocycles. The summed E-state index contributed by atoms with van der Waals surface area (Å²) < 4.78 is 0. The van der Waals surface area contributed by atoms with E-state index in [0.717, 1.165) is 22.3 Å². The third-order valence-corrected chi connectivity index (χ3v) is 1.82. The molecule has 1 heterocycles. The van der Waals surface area contributed by atoms with Gasteiger partial charge in [0, 0.05) is 5.39 Å². The van der Waals surface area contributed by atoms with E-state index in [1.54, 1.807) is 0 Å². The van der Waals surface area contributed by atoms with Gasteiger partial charge in [0.2, 0.25) is 0 Å². The molecular formula is C8H9N3. The van der Waals surface area contributed by atoms with E-state index >= 15 is 0 Å². The zero-order valence-electron chi connectivity index (χ0n) is 6.26. The number of benzene rings is 1. The maximum atomic E-state index is 5.70. The van der Waals surface area contributed by atoms with E-state index in [-0.39, 0.29) is 0 Å². The van der Waals surface area contributed by atoms with Crippen molar-refractivity contribution >= 4 is 16.6 Å². The van der Waals surface area contributed by atoms with Gasteiger partial charge in [-0.25, -0.2) is 0 Å². The Balaban J connectivity index is 2.94. The van der Waals surface area contributed by atoms with Crippen LogP contribution in [0.2, 0.25) is 0 Å². The summed E-state index contributed by atoms with van der Waals surface area (Å²) in [7, 11) is 0. The van der Waals surface area contributed by atoms with Crippen molar-refractivity contribution in [3.63, 3.8) is 0 Å². The molecule has 0 saturated heterocycles. The molecule has 0 aliphatic carbocycles. The van der Waals surface area contributed by atoms with Gasteiger partial charge in [-0.15, -0.1) is 0 Å². The number of aromatic nitrogens is 2. The first-order valence-corrected chi connectivity index (χ1v) is 3.48. The molecule has 0 fully saturated rings. The van der Waals surface area contributed by atoms with Gasteiger partial charge in [-0.1, -0.05) is 12.1 Å². The van der Waals surface area contributed by atoms with Crippen LogP contribution in [0.4, 0.5) is 5.69 Å². The second-order valence-electron chi connectivity index (χ2n) is 2.58. The van der Waals surface area contributed by atoms with Gasteiger partial charge in [0.15, 0.2) is 0 Å². The lowest BCUT2D eigenvalue weighted by Crippen LogP contribution is -1.84. The molecule has 0 spiro atoms. The summed E-state index contributed by atoms with van der Waals surface area (Å²) in [5.41, 5.74) is 8.38. The van der Waals surface area contributed by atoms with Gasteiger partial charge in [-0.2, -0.15) is 5.10 Å². The molecule has 3 nitrogen and oxygen atoms in total. The number of nitrogens with zero attached hydrogens (tertiary/aromatic N) is 1. The van der Waals surface area contributed by atoms with E-state index < -0.39 is 0 Å². The van der Waals surface area contributed by atoms with Crippen molar-refractivity contribution in [2.45, 2.75) is 6.92 Å². The molecule has 0 atom stereocenters. The molecule has 1 aromatic carbocycles. The SMILES string of the molecule is Cc1n[nH]c2c(N)cccc12. The highest BCUT2D eigenvalue weighted by Gasteiger charge is 2.01. The van der Waals surface area contributed by atoms with Crippen LogP contribution in [0.3, 0.4) is 0 Å². The molecule has 0 aliphatic rings. The summed E-state index contributed by atoms with van der Waals surface area (Å²) in [6.45, 7) is 1.96. The lowest BCUT2D eigenvalue weighted by atomic mass is 10.2. The highest BCUT2D eigenvalue weighted by atomic mass is 15.1. The Labute approximate surface area is 64.2 Å². The Morgan fingerprint density at radius 2 is 2.27 bits per heavy atom. The fraction of sp³-hybridized carbons (Fsp3) is 0.125. The van der Waals surface area contributed by atoms with Crippen molar-refractivity contribution < 1.29 is 0 Å². The molecule has 0 radical (unpaired) electrons. The molecule has 3 N–H and O–H groups in total. The molecule has 1 aromatic heterocycles. The van der Waals surface area contributed by atoms with E-state index in [0.29, 0.717) is 0 Å². The summed E-state index contributed by atoms with van der Waals surface area (Å²) >= 11 is 0. The van der Waals surface area contributed by atoms with Crippen molar-refractivity contribution in [3.05, 3.63) is 23.9 Å². The monoisotopic (exact) mass is 147 g/mol. The number of para-hydroxylation sites is 1. The summed E-state index contributed by atoms with van der Waals surface area (Å²) in [5.74, 6) is 0. The minimum atomic E-state index is 0.753. The summed E-state index contributed by atoms with van der Waals surface area (Å²) in [5, 5.41) is 8.03. The maximum absolute atomic E-state index is 5.70. The first-order chi connectivity index (χ1) is 5.29. The minimum absolute atomic E-state index is 0.753. The molecule has 0 unspecified atom stereocenters. The number of anilines is 1. The van der Waals surface area contributed by atoms with E-state index in [1.165, 1.54) is 0 Å². The van der Waals surface area contributed by atoms with Gasteiger partial charge in [0.1, 0.15) is 0 Å². The van der Waals surface area contributed by atoms with E-state index in [9.17, 15) is 0 Å². The number of fused-ring (bicyclic) bond motifs is 1. The second kappa shape index (κ2) is 1.99. The van der Waals surface area contributed by atoms with Crippen LogP contribution < -0.4 is 5.73 Å². The maximum Gasteiger partial charge on any atom is 0.0882 e. The average molecular weight is 147 g/mol. The fourth-order valence-corrected chi connectivity index (χ4v) is 1.20. The van der Waals surface area contributed by atoms with Crippen molar-refractivity contribution in [3.8, 4) is 0 Å². The van der Waals surface area contributed by atoms with Crippen molar-refractivity contribution in [2.75, 3.05) is 5.73 Å². The third kappa shape index (κ3) is 0.774. The Hall–Kier alpha value is -1.51. The van der Waals surface area contributed by atoms with Gasteiger partial charge in [-0.05, 0) is 13.0 Å². The normalized spacial score (nSPS) is 10.6. The van der Waals surface area contributed by atoms with Crippen LogP contribution in [0, 0.1) is 6.92 Å². The quantitative estimate of drug-likeness (QED) is 0.554. The molecular weight excluding hydrogens is 138 g/mol. The van der Waals surface area contributed by atoms with E-state index in [4.69, 9.17) is 5.73 Å². The fourth-order valence-electron chi connectivity index (χ4n) is 1.20. The molecule has 0 aliphatic heterocycles. The predicted molar refractivity (Wildman–Crippen MR) is 45.2 cm³/mol. The Kier molecular flexibility index (Phi) is 1.12. The predicted octanol–water partition coefficient (Wildman–Crippen LogP) is 1.45. The van der Waals surface area contributed by atoms with Crippen LogP contribution in [0.15, 0.2) is 18.2 Å². The van der Waals surface area contributed by atoms with Gasteiger partial charge < -0.3 is 5.73 Å². The summed E-state index contributed by atoms with van der Waals surface area (Å²) in [6.07, 6.45) is 0. The summed E-state index contributed by atoms with van der Waals surface area (Å²) in [4.78, 5) is 0. The average Bonchev–Trinajstić information content (AvgIpc) is 2.35. The first-order valence-electron chi connectivity index (χ1n) is 3.48. The smallest absolute Gasteiger partial charge is 0.0882 e. The van der Waals surface area contributed by atoms with Crippen LogP contribution in [-0.2, 0) is 0 Å². The largest absolute Gasteiger partial charge is 0.397 e. The molecule has 0 bridgehead atoms. The number of nitrogen functional groups attached to an aromatic ring is 1. The standard InChI is InChI=1S/C8H9N3/c1-5-6-3-2-4-7(9)8(6)11-10-5/h2-4H,9H2,1H3,(H,10,11). The summed E-state index contributed by atoms with van der Waals surface area (Å²) in [6, 6.07) is 5.80. The molecule has 2 rings (SSSR count). The molecule has 56 valence electrons. The number of H-pyrrole nitrogens is 1. The van der Waals surface area contributed by atoms with Crippen LogP contribution in [0.1, 0.15) is 5.69 Å². The van der Waals surface area contributed by atoms with Gasteiger partial charge >= 0.3 is 0 Å². The van der Waals surface area contributed by atoms with Crippen LogP contribution >= 0.6 is 0 Å². The van der Waals surface area contributed by atoms with Gasteiger partial charge in [-0.3, -0.25) is 5.10 Å². The number of rotatable bonds is 0. The topological polar surface area (TPSA) is 54.7 Å². The molecule has 3 heteroatoms. The lowest BCUT2D eigenvalue weighted by molar-refractivity contribution is 1.07. The Bertz CT molecular complexity index is 389. The van der Waals surface area contributed by atoms with Crippen LogP contribution in [0.5, 0.6) is 0 Å². The Morgan fingerprint density at radius 1 is 1.45 bits per heavy atom. The molecule has 0 amide bonds. The first kappa shape index (κ1) is 6.22. The zero-order chi connectivity index (χ0) is 7.84. The van der Waals surface area contributed by atoms with Gasteiger partial charge in [0.25, 0.3) is 0 Å². The van der Waals surface area contributed by atoms with Crippen LogP contribution in [0.25, 0.3) is 10.9 Å². The number of nitrogens with two attached hydrogens (primary N) is 1.